The first kappa shape index (κ1) is 8.27. The van der Waals surface area contributed by atoms with Crippen LogP contribution >= 0.6 is 0 Å². The highest BCUT2D eigenvalue weighted by Gasteiger charge is 2.17. The first-order valence-corrected chi connectivity index (χ1v) is 3.81. The Balaban J connectivity index is 2.42. The van der Waals surface area contributed by atoms with Gasteiger partial charge in [-0.1, -0.05) is 6.08 Å². The molecule has 62 valence electrons. The standard InChI is InChI=1S/C8H13NO2/c1-9-6-2-3-7(9)4-5-8(10)11/h4-5,7H,2-3,6H2,1H3,(H,10,11)/t7-/m1/s1. The van der Waals surface area contributed by atoms with Crippen LogP contribution in [0.4, 0.5) is 0 Å². The van der Waals surface area contributed by atoms with Crippen molar-refractivity contribution >= 4 is 5.97 Å². The highest BCUT2D eigenvalue weighted by atomic mass is 16.4. The highest BCUT2D eigenvalue weighted by molar-refractivity contribution is 5.79. The minimum atomic E-state index is -0.856. The minimum absolute atomic E-state index is 0.339. The number of carboxylic acids is 1. The van der Waals surface area contributed by atoms with Gasteiger partial charge in [0, 0.05) is 12.1 Å². The lowest BCUT2D eigenvalue weighted by atomic mass is 10.2. The van der Waals surface area contributed by atoms with Crippen molar-refractivity contribution in [3.8, 4) is 0 Å². The second-order valence-electron chi connectivity index (χ2n) is 2.89. The van der Waals surface area contributed by atoms with Crippen molar-refractivity contribution in [3.05, 3.63) is 12.2 Å². The second-order valence-corrected chi connectivity index (χ2v) is 2.89. The van der Waals surface area contributed by atoms with Gasteiger partial charge in [-0.25, -0.2) is 4.79 Å². The van der Waals surface area contributed by atoms with Gasteiger partial charge in [0.2, 0.25) is 0 Å². The highest BCUT2D eigenvalue weighted by Crippen LogP contribution is 2.15. The molecule has 1 rings (SSSR count). The van der Waals surface area contributed by atoms with Crippen LogP contribution in [0.2, 0.25) is 0 Å². The van der Waals surface area contributed by atoms with Gasteiger partial charge in [0.05, 0.1) is 0 Å². The molecule has 1 fully saturated rings. The minimum Gasteiger partial charge on any atom is -0.478 e. The second kappa shape index (κ2) is 3.53. The molecule has 1 aliphatic rings. The van der Waals surface area contributed by atoms with Crippen LogP contribution < -0.4 is 0 Å². The van der Waals surface area contributed by atoms with Crippen molar-refractivity contribution < 1.29 is 9.90 Å². The van der Waals surface area contributed by atoms with Gasteiger partial charge in [0.15, 0.2) is 0 Å². The Bertz CT molecular complexity index is 177. The number of hydrogen-bond acceptors (Lipinski definition) is 2. The molecule has 0 saturated carbocycles. The molecule has 0 aromatic carbocycles. The maximum Gasteiger partial charge on any atom is 0.328 e. The first-order valence-electron chi connectivity index (χ1n) is 3.81. The molecule has 1 N–H and O–H groups in total. The van der Waals surface area contributed by atoms with Crippen molar-refractivity contribution in [1.82, 2.24) is 4.90 Å². The fraction of sp³-hybridized carbons (Fsp3) is 0.625. The van der Waals surface area contributed by atoms with Crippen molar-refractivity contribution in [3.63, 3.8) is 0 Å². The van der Waals surface area contributed by atoms with Gasteiger partial charge in [-0.15, -0.1) is 0 Å². The Morgan fingerprint density at radius 3 is 2.91 bits per heavy atom. The summed E-state index contributed by atoms with van der Waals surface area (Å²) in [5, 5.41) is 8.35. The van der Waals surface area contributed by atoms with Crippen molar-refractivity contribution in [2.24, 2.45) is 0 Å². The molecule has 0 unspecified atom stereocenters. The fourth-order valence-electron chi connectivity index (χ4n) is 1.37. The van der Waals surface area contributed by atoms with Crippen LogP contribution in [0.1, 0.15) is 12.8 Å². The van der Waals surface area contributed by atoms with E-state index in [1.807, 2.05) is 7.05 Å². The zero-order chi connectivity index (χ0) is 8.27. The maximum absolute atomic E-state index is 10.2. The van der Waals surface area contributed by atoms with Crippen molar-refractivity contribution in [2.75, 3.05) is 13.6 Å². The smallest absolute Gasteiger partial charge is 0.328 e. The number of likely N-dealkylation sites (N-methyl/N-ethyl adjacent to an activating group) is 1. The van der Waals surface area contributed by atoms with E-state index in [1.165, 1.54) is 12.5 Å². The summed E-state index contributed by atoms with van der Waals surface area (Å²) in [7, 11) is 2.02. The molecule has 3 heteroatoms. The third-order valence-electron chi connectivity index (χ3n) is 2.04. The van der Waals surface area contributed by atoms with Crippen LogP contribution in [-0.2, 0) is 4.79 Å². The molecule has 0 aromatic rings. The number of rotatable bonds is 2. The van der Waals surface area contributed by atoms with Crippen molar-refractivity contribution in [2.45, 2.75) is 18.9 Å². The molecular weight excluding hydrogens is 142 g/mol. The van der Waals surface area contributed by atoms with Crippen LogP contribution in [0.5, 0.6) is 0 Å². The third-order valence-corrected chi connectivity index (χ3v) is 2.04. The van der Waals surface area contributed by atoms with E-state index in [0.29, 0.717) is 6.04 Å². The lowest BCUT2D eigenvalue weighted by molar-refractivity contribution is -0.131. The third kappa shape index (κ3) is 2.35. The molecule has 0 radical (unpaired) electrons. The van der Waals surface area contributed by atoms with Gasteiger partial charge in [-0.2, -0.15) is 0 Å². The predicted octanol–water partition coefficient (Wildman–Crippen LogP) is 0.721. The van der Waals surface area contributed by atoms with Crippen molar-refractivity contribution in [1.29, 1.82) is 0 Å². The van der Waals surface area contributed by atoms with E-state index in [1.54, 1.807) is 6.08 Å². The first-order chi connectivity index (χ1) is 5.20. The molecule has 0 bridgehead atoms. The summed E-state index contributed by atoms with van der Waals surface area (Å²) >= 11 is 0. The SMILES string of the molecule is CN1CCC[C@@H]1C=CC(=O)O. The Morgan fingerprint density at radius 1 is 1.73 bits per heavy atom. The topological polar surface area (TPSA) is 40.5 Å². The van der Waals surface area contributed by atoms with Gasteiger partial charge in [-0.3, -0.25) is 4.90 Å². The van der Waals surface area contributed by atoms with E-state index < -0.39 is 5.97 Å². The zero-order valence-corrected chi connectivity index (χ0v) is 6.66. The van der Waals surface area contributed by atoms with Gasteiger partial charge in [-0.05, 0) is 26.4 Å². The normalized spacial score (nSPS) is 26.5. The molecule has 0 amide bonds. The quantitative estimate of drug-likeness (QED) is 0.597. The molecule has 3 nitrogen and oxygen atoms in total. The van der Waals surface area contributed by atoms with Gasteiger partial charge in [0.25, 0.3) is 0 Å². The molecule has 0 spiro atoms. The summed E-state index contributed by atoms with van der Waals surface area (Å²) in [5.41, 5.74) is 0. The van der Waals surface area contributed by atoms with Crippen LogP contribution in [0.25, 0.3) is 0 Å². The van der Waals surface area contributed by atoms with Gasteiger partial charge in [0.1, 0.15) is 0 Å². The average molecular weight is 155 g/mol. The Hall–Kier alpha value is -0.830. The molecule has 1 atom stereocenters. The van der Waals surface area contributed by atoms with Crippen LogP contribution in [-0.4, -0.2) is 35.6 Å². The molecule has 1 saturated heterocycles. The summed E-state index contributed by atoms with van der Waals surface area (Å²) in [4.78, 5) is 12.3. The molecule has 11 heavy (non-hydrogen) atoms. The predicted molar refractivity (Wildman–Crippen MR) is 42.4 cm³/mol. The Kier molecular flexibility index (Phi) is 2.65. The van der Waals surface area contributed by atoms with E-state index in [4.69, 9.17) is 5.11 Å². The number of hydrogen-bond donors (Lipinski definition) is 1. The zero-order valence-electron chi connectivity index (χ0n) is 6.66. The average Bonchev–Trinajstić information content (AvgIpc) is 2.31. The number of aliphatic carboxylic acids is 1. The largest absolute Gasteiger partial charge is 0.478 e. The van der Waals surface area contributed by atoms with Gasteiger partial charge < -0.3 is 5.11 Å². The van der Waals surface area contributed by atoms with E-state index >= 15 is 0 Å². The lowest BCUT2D eigenvalue weighted by Gasteiger charge is -2.14. The summed E-state index contributed by atoms with van der Waals surface area (Å²) in [6, 6.07) is 0.339. The summed E-state index contributed by atoms with van der Waals surface area (Å²) in [5.74, 6) is -0.856. The van der Waals surface area contributed by atoms with Crippen LogP contribution in [0.15, 0.2) is 12.2 Å². The number of likely N-dealkylation sites (tertiary alicyclic amines) is 1. The fourth-order valence-corrected chi connectivity index (χ4v) is 1.37. The number of carboxylic acid groups (broad SMARTS) is 1. The van der Waals surface area contributed by atoms with Crippen LogP contribution in [0.3, 0.4) is 0 Å². The molecule has 0 aromatic heterocycles. The summed E-state index contributed by atoms with van der Waals surface area (Å²) in [6.45, 7) is 1.08. The number of carbonyl (C=O) groups is 1. The molecule has 1 heterocycles. The van der Waals surface area contributed by atoms with Gasteiger partial charge >= 0.3 is 5.97 Å². The van der Waals surface area contributed by atoms with E-state index in [9.17, 15) is 4.79 Å². The monoisotopic (exact) mass is 155 g/mol. The van der Waals surface area contributed by atoms with E-state index in [2.05, 4.69) is 4.90 Å². The van der Waals surface area contributed by atoms with E-state index in [-0.39, 0.29) is 0 Å². The molecule has 1 aliphatic heterocycles. The molecule has 0 aliphatic carbocycles. The summed E-state index contributed by atoms with van der Waals surface area (Å²) in [6.07, 6.45) is 5.24. The number of nitrogens with zero attached hydrogens (tertiary/aromatic N) is 1. The maximum atomic E-state index is 10.2. The van der Waals surface area contributed by atoms with Crippen LogP contribution in [0, 0.1) is 0 Å². The Morgan fingerprint density at radius 2 is 2.45 bits per heavy atom. The Labute approximate surface area is 66.3 Å². The lowest BCUT2D eigenvalue weighted by Crippen LogP contribution is -2.22. The summed E-state index contributed by atoms with van der Waals surface area (Å²) < 4.78 is 0. The van der Waals surface area contributed by atoms with E-state index in [0.717, 1.165) is 13.0 Å². The molecular formula is C8H13NO2.